The van der Waals surface area contributed by atoms with E-state index in [4.69, 9.17) is 25.5 Å². The van der Waals surface area contributed by atoms with E-state index in [1.165, 1.54) is 0 Å². The molecule has 2 heterocycles. The van der Waals surface area contributed by atoms with E-state index in [0.29, 0.717) is 17.3 Å². The van der Waals surface area contributed by atoms with Gasteiger partial charge in [0.05, 0.1) is 18.6 Å². The highest BCUT2D eigenvalue weighted by atomic mass is 35.5. The summed E-state index contributed by atoms with van der Waals surface area (Å²) in [6.07, 6.45) is 1.01. The number of esters is 2. The lowest BCUT2D eigenvalue weighted by molar-refractivity contribution is -0.140. The largest absolute Gasteiger partial charge is 0.497 e. The van der Waals surface area contributed by atoms with Crippen LogP contribution in [-0.2, 0) is 14.0 Å². The molecule has 2 atom stereocenters. The van der Waals surface area contributed by atoms with Crippen LogP contribution in [0.4, 0.5) is 0 Å². The Kier molecular flexibility index (Phi) is 12.3. The van der Waals surface area contributed by atoms with Crippen molar-refractivity contribution < 1.29 is 23.5 Å². The molecule has 50 heavy (non-hydrogen) atoms. The van der Waals surface area contributed by atoms with Gasteiger partial charge in [0.15, 0.2) is 8.32 Å². The maximum Gasteiger partial charge on any atom is 0.345 e. The summed E-state index contributed by atoms with van der Waals surface area (Å²) in [7, 11) is -0.126. The van der Waals surface area contributed by atoms with Crippen molar-refractivity contribution in [3.8, 4) is 5.75 Å². The Bertz CT molecular complexity index is 1740. The number of carbonyl (C=O) groups is 2. The van der Waals surface area contributed by atoms with Crippen LogP contribution in [-0.4, -0.2) is 88.0 Å². The van der Waals surface area contributed by atoms with Crippen LogP contribution in [0.1, 0.15) is 66.2 Å². The smallest absolute Gasteiger partial charge is 0.345 e. The van der Waals surface area contributed by atoms with Crippen molar-refractivity contribution in [2.45, 2.75) is 64.1 Å². The Balaban J connectivity index is 1.40. The van der Waals surface area contributed by atoms with Crippen molar-refractivity contribution in [1.82, 2.24) is 14.8 Å². The number of aromatic amines is 1. The standard InChI is InChI=1S/C40H52ClN3O5Si/c1-28-36(33-26-32(47-5)18-19-35(33)42-28)37(39(46)49-38(45)30-14-16-31(41)17-15-30)34(29-12-9-8-10-13-29)27-44-23-21-43(22-24-44)20-11-25-48-50(6,7)40(2,3)4/h8-10,12-19,26,34,37,42H,11,20-25,27H2,1-7H3. The summed E-state index contributed by atoms with van der Waals surface area (Å²) in [4.78, 5) is 36.2. The first-order chi connectivity index (χ1) is 23.8. The molecule has 268 valence electrons. The van der Waals surface area contributed by atoms with E-state index < -0.39 is 26.2 Å². The number of nitrogens with one attached hydrogen (secondary N) is 1. The number of hydrogen-bond donors (Lipinski definition) is 1. The number of methoxy groups -OCH3 is 1. The molecule has 1 aromatic heterocycles. The van der Waals surface area contributed by atoms with Gasteiger partial charge in [0.25, 0.3) is 0 Å². The molecule has 1 fully saturated rings. The number of hydrogen-bond acceptors (Lipinski definition) is 7. The molecule has 0 bridgehead atoms. The van der Waals surface area contributed by atoms with Crippen LogP contribution in [0.2, 0.25) is 23.2 Å². The number of benzene rings is 3. The summed E-state index contributed by atoms with van der Waals surface area (Å²) in [6.45, 7) is 19.5. The number of ether oxygens (including phenoxy) is 2. The Morgan fingerprint density at radius 2 is 1.60 bits per heavy atom. The molecule has 1 N–H and O–H groups in total. The molecule has 5 rings (SSSR count). The third kappa shape index (κ3) is 9.05. The van der Waals surface area contributed by atoms with Crippen molar-refractivity contribution in [1.29, 1.82) is 0 Å². The van der Waals surface area contributed by atoms with Gasteiger partial charge in [-0.1, -0.05) is 62.7 Å². The lowest BCUT2D eigenvalue weighted by Gasteiger charge is -2.38. The third-order valence-electron chi connectivity index (χ3n) is 10.5. The van der Waals surface area contributed by atoms with Gasteiger partial charge in [0.1, 0.15) is 5.75 Å². The first kappa shape index (κ1) is 37.8. The average molecular weight is 718 g/mol. The van der Waals surface area contributed by atoms with E-state index in [2.05, 4.69) is 60.8 Å². The topological polar surface area (TPSA) is 84.1 Å². The number of carbonyl (C=O) groups excluding carboxylic acids is 2. The molecule has 1 aliphatic heterocycles. The van der Waals surface area contributed by atoms with Crippen LogP contribution in [0.5, 0.6) is 5.75 Å². The molecule has 1 saturated heterocycles. The van der Waals surface area contributed by atoms with Gasteiger partial charge in [-0.15, -0.1) is 0 Å². The molecular weight excluding hydrogens is 666 g/mol. The number of aromatic nitrogens is 1. The van der Waals surface area contributed by atoms with Crippen LogP contribution in [0.3, 0.4) is 0 Å². The van der Waals surface area contributed by atoms with Crippen molar-refractivity contribution in [3.63, 3.8) is 0 Å². The highest BCUT2D eigenvalue weighted by molar-refractivity contribution is 6.74. The second-order valence-corrected chi connectivity index (χ2v) is 20.1. The van der Waals surface area contributed by atoms with Crippen molar-refractivity contribution >= 4 is 42.8 Å². The normalized spacial score (nSPS) is 15.9. The van der Waals surface area contributed by atoms with E-state index in [1.54, 1.807) is 31.4 Å². The Hall–Kier alpha value is -3.47. The van der Waals surface area contributed by atoms with Crippen molar-refractivity contribution in [2.75, 3.05) is 53.0 Å². The second kappa shape index (κ2) is 16.3. The van der Waals surface area contributed by atoms with Crippen LogP contribution in [0.15, 0.2) is 72.8 Å². The number of aryl methyl sites for hydroxylation is 1. The van der Waals surface area contributed by atoms with Gasteiger partial charge in [0.2, 0.25) is 0 Å². The van der Waals surface area contributed by atoms with Crippen LogP contribution >= 0.6 is 11.6 Å². The summed E-state index contributed by atoms with van der Waals surface area (Å²) in [5, 5.41) is 1.57. The minimum Gasteiger partial charge on any atom is -0.497 e. The fourth-order valence-corrected chi connectivity index (χ4v) is 7.76. The molecule has 0 amide bonds. The van der Waals surface area contributed by atoms with Gasteiger partial charge >= 0.3 is 11.9 Å². The number of rotatable bonds is 13. The highest BCUT2D eigenvalue weighted by Gasteiger charge is 2.39. The summed E-state index contributed by atoms with van der Waals surface area (Å²) < 4.78 is 17.7. The number of H-pyrrole nitrogens is 1. The zero-order valence-corrected chi connectivity index (χ0v) is 32.3. The van der Waals surface area contributed by atoms with Crippen molar-refractivity contribution in [3.05, 3.63) is 100 Å². The molecule has 2 unspecified atom stereocenters. The Morgan fingerprint density at radius 1 is 0.940 bits per heavy atom. The third-order valence-corrected chi connectivity index (χ3v) is 15.3. The molecule has 1 aliphatic rings. The number of fused-ring (bicyclic) bond motifs is 1. The molecule has 10 heteroatoms. The van der Waals surface area contributed by atoms with Gasteiger partial charge in [-0.2, -0.15) is 0 Å². The molecule has 0 spiro atoms. The summed E-state index contributed by atoms with van der Waals surface area (Å²) in [6, 6.07) is 22.3. The Labute approximate surface area is 303 Å². The fraction of sp³-hybridized carbons (Fsp3) is 0.450. The van der Waals surface area contributed by atoms with E-state index in [1.807, 2.05) is 43.3 Å². The minimum atomic E-state index is -1.76. The summed E-state index contributed by atoms with van der Waals surface area (Å²) in [5.74, 6) is -1.69. The fourth-order valence-electron chi connectivity index (χ4n) is 6.55. The molecule has 0 saturated carbocycles. The molecule has 3 aromatic carbocycles. The maximum absolute atomic E-state index is 14.5. The zero-order valence-electron chi connectivity index (χ0n) is 30.6. The lowest BCUT2D eigenvalue weighted by atomic mass is 9.79. The van der Waals surface area contributed by atoms with Gasteiger partial charge in [0, 0.05) is 73.4 Å². The number of halogens is 1. The second-order valence-electron chi connectivity index (χ2n) is 14.9. The highest BCUT2D eigenvalue weighted by Crippen LogP contribution is 2.42. The minimum absolute atomic E-state index is 0.207. The monoisotopic (exact) mass is 717 g/mol. The summed E-state index contributed by atoms with van der Waals surface area (Å²) in [5.41, 5.74) is 3.82. The van der Waals surface area contributed by atoms with Gasteiger partial charge < -0.3 is 28.7 Å². The number of piperazine rings is 1. The quantitative estimate of drug-likeness (QED) is 0.0644. The maximum atomic E-state index is 14.5. The van der Waals surface area contributed by atoms with Gasteiger partial charge in [-0.25, -0.2) is 4.79 Å². The average Bonchev–Trinajstić information content (AvgIpc) is 3.41. The molecule has 4 aromatic rings. The molecule has 0 aliphatic carbocycles. The molecule has 8 nitrogen and oxygen atoms in total. The SMILES string of the molecule is COc1ccc2[nH]c(C)c(C(C(=O)OC(=O)c3ccc(Cl)cc3)C(CN3CCN(CCCO[Si](C)(C)C(C)(C)C)CC3)c3ccccc3)c2c1. The Morgan fingerprint density at radius 3 is 2.24 bits per heavy atom. The number of nitrogens with zero attached hydrogens (tertiary/aromatic N) is 2. The van der Waals surface area contributed by atoms with Crippen molar-refractivity contribution in [2.24, 2.45) is 0 Å². The predicted octanol–water partition coefficient (Wildman–Crippen LogP) is 8.42. The van der Waals surface area contributed by atoms with E-state index in [0.717, 1.165) is 73.5 Å². The summed E-state index contributed by atoms with van der Waals surface area (Å²) >= 11 is 6.07. The van der Waals surface area contributed by atoms with Crippen LogP contribution in [0, 0.1) is 6.92 Å². The van der Waals surface area contributed by atoms with E-state index in [9.17, 15) is 9.59 Å². The lowest BCUT2D eigenvalue weighted by Crippen LogP contribution is -2.48. The van der Waals surface area contributed by atoms with E-state index in [-0.39, 0.29) is 16.5 Å². The molecular formula is C40H52ClN3O5Si. The van der Waals surface area contributed by atoms with Crippen LogP contribution < -0.4 is 4.74 Å². The zero-order chi connectivity index (χ0) is 36.1. The predicted molar refractivity (Wildman–Crippen MR) is 204 cm³/mol. The molecule has 0 radical (unpaired) electrons. The van der Waals surface area contributed by atoms with Crippen LogP contribution in [0.25, 0.3) is 10.9 Å². The van der Waals surface area contributed by atoms with Gasteiger partial charge in [-0.05, 0) is 85.1 Å². The van der Waals surface area contributed by atoms with Gasteiger partial charge in [-0.3, -0.25) is 4.79 Å². The van der Waals surface area contributed by atoms with E-state index >= 15 is 0 Å². The first-order valence-electron chi connectivity index (χ1n) is 17.6. The first-order valence-corrected chi connectivity index (χ1v) is 20.9.